The second-order valence-corrected chi connectivity index (χ2v) is 7.39. The summed E-state index contributed by atoms with van der Waals surface area (Å²) >= 11 is 0. The van der Waals surface area contributed by atoms with Gasteiger partial charge in [0.15, 0.2) is 0 Å². The minimum atomic E-state index is 0.306. The Kier molecular flexibility index (Phi) is 5.24. The highest BCUT2D eigenvalue weighted by atomic mass is 16.2. The van der Waals surface area contributed by atoms with E-state index in [1.54, 1.807) is 0 Å². The molecule has 0 spiro atoms. The Hall–Kier alpha value is -1.51. The molecule has 0 bridgehead atoms. The lowest BCUT2D eigenvalue weighted by atomic mass is 9.88. The van der Waals surface area contributed by atoms with Crippen molar-refractivity contribution in [1.82, 2.24) is 4.90 Å². The van der Waals surface area contributed by atoms with Crippen molar-refractivity contribution in [2.75, 3.05) is 31.1 Å². The van der Waals surface area contributed by atoms with E-state index in [9.17, 15) is 4.79 Å². The third-order valence-electron chi connectivity index (χ3n) is 5.47. The van der Waals surface area contributed by atoms with Crippen molar-refractivity contribution in [3.8, 4) is 0 Å². The number of amides is 1. The van der Waals surface area contributed by atoms with E-state index in [1.807, 2.05) is 0 Å². The summed E-state index contributed by atoms with van der Waals surface area (Å²) < 4.78 is 0. The number of nitrogens with zero attached hydrogens (tertiary/aromatic N) is 2. The third kappa shape index (κ3) is 3.88. The number of piperazine rings is 1. The maximum absolute atomic E-state index is 12.6. The maximum atomic E-state index is 12.6. The molecule has 2 aliphatic rings. The first-order valence-corrected chi connectivity index (χ1v) is 9.29. The molecule has 3 rings (SSSR count). The Bertz CT molecular complexity index is 509. The van der Waals surface area contributed by atoms with Crippen molar-refractivity contribution < 1.29 is 4.79 Å². The number of hydrogen-bond acceptors (Lipinski definition) is 2. The number of rotatable bonds is 3. The predicted molar refractivity (Wildman–Crippen MR) is 95.9 cm³/mol. The Labute approximate surface area is 140 Å². The van der Waals surface area contributed by atoms with Gasteiger partial charge in [-0.1, -0.05) is 45.2 Å². The van der Waals surface area contributed by atoms with Gasteiger partial charge in [-0.2, -0.15) is 0 Å². The van der Waals surface area contributed by atoms with Gasteiger partial charge < -0.3 is 9.80 Å². The standard InChI is InChI=1S/C20H30N2O/c1-16(2)17-8-10-19(11-9-17)21-12-14-22(15-13-21)20(23)18-6-4-3-5-7-18/h8-11,16,18H,3-7,12-15H2,1-2H3. The van der Waals surface area contributed by atoms with Gasteiger partial charge in [-0.3, -0.25) is 4.79 Å². The zero-order chi connectivity index (χ0) is 16.2. The predicted octanol–water partition coefficient (Wildman–Crippen LogP) is 4.04. The summed E-state index contributed by atoms with van der Waals surface area (Å²) in [5.41, 5.74) is 2.68. The minimum Gasteiger partial charge on any atom is -0.368 e. The zero-order valence-corrected chi connectivity index (χ0v) is 14.6. The minimum absolute atomic E-state index is 0.306. The summed E-state index contributed by atoms with van der Waals surface area (Å²) in [7, 11) is 0. The Morgan fingerprint density at radius 3 is 2.13 bits per heavy atom. The molecule has 1 aromatic carbocycles. The first kappa shape index (κ1) is 16.4. The SMILES string of the molecule is CC(C)c1ccc(N2CCN(C(=O)C3CCCCC3)CC2)cc1. The fraction of sp³-hybridized carbons (Fsp3) is 0.650. The molecule has 1 saturated carbocycles. The normalized spacial score (nSPS) is 20.1. The van der Waals surface area contributed by atoms with Crippen LogP contribution in [0.5, 0.6) is 0 Å². The third-order valence-corrected chi connectivity index (χ3v) is 5.47. The number of benzene rings is 1. The summed E-state index contributed by atoms with van der Waals surface area (Å²) in [6.45, 7) is 8.12. The molecule has 0 N–H and O–H groups in total. The van der Waals surface area contributed by atoms with E-state index in [1.165, 1.54) is 30.5 Å². The van der Waals surface area contributed by atoms with Gasteiger partial charge in [0.25, 0.3) is 0 Å². The second-order valence-electron chi connectivity index (χ2n) is 7.39. The van der Waals surface area contributed by atoms with E-state index in [0.29, 0.717) is 17.7 Å². The van der Waals surface area contributed by atoms with Crippen LogP contribution in [0.2, 0.25) is 0 Å². The lowest BCUT2D eigenvalue weighted by Crippen LogP contribution is -2.50. The molecule has 0 unspecified atom stereocenters. The number of anilines is 1. The number of carbonyl (C=O) groups is 1. The molecule has 2 fully saturated rings. The summed E-state index contributed by atoms with van der Waals surface area (Å²) in [5, 5.41) is 0. The second kappa shape index (κ2) is 7.37. The van der Waals surface area contributed by atoms with Gasteiger partial charge in [-0.25, -0.2) is 0 Å². The topological polar surface area (TPSA) is 23.6 Å². The Balaban J connectivity index is 1.54. The molecule has 126 valence electrons. The van der Waals surface area contributed by atoms with E-state index < -0.39 is 0 Å². The van der Waals surface area contributed by atoms with Gasteiger partial charge in [0.2, 0.25) is 5.91 Å². The van der Waals surface area contributed by atoms with Gasteiger partial charge in [-0.05, 0) is 36.5 Å². The molecule has 1 aromatic rings. The summed E-state index contributed by atoms with van der Waals surface area (Å²) in [4.78, 5) is 17.1. The highest BCUT2D eigenvalue weighted by Gasteiger charge is 2.28. The van der Waals surface area contributed by atoms with Crippen LogP contribution in [-0.2, 0) is 4.79 Å². The van der Waals surface area contributed by atoms with Crippen LogP contribution in [0.25, 0.3) is 0 Å². The quantitative estimate of drug-likeness (QED) is 0.840. The van der Waals surface area contributed by atoms with E-state index in [2.05, 4.69) is 47.9 Å². The Morgan fingerprint density at radius 2 is 1.57 bits per heavy atom. The fourth-order valence-electron chi connectivity index (χ4n) is 3.86. The van der Waals surface area contributed by atoms with Gasteiger partial charge in [0, 0.05) is 37.8 Å². The molecule has 1 saturated heterocycles. The summed E-state index contributed by atoms with van der Waals surface area (Å²) in [5.74, 6) is 1.30. The van der Waals surface area contributed by atoms with Crippen LogP contribution in [0.4, 0.5) is 5.69 Å². The van der Waals surface area contributed by atoms with Crippen molar-refractivity contribution >= 4 is 11.6 Å². The summed E-state index contributed by atoms with van der Waals surface area (Å²) in [6, 6.07) is 8.93. The average molecular weight is 314 g/mol. The molecule has 0 atom stereocenters. The molecule has 3 heteroatoms. The van der Waals surface area contributed by atoms with Crippen molar-refractivity contribution in [3.63, 3.8) is 0 Å². The highest BCUT2D eigenvalue weighted by molar-refractivity contribution is 5.79. The molecular formula is C20H30N2O. The molecule has 1 aliphatic carbocycles. The average Bonchev–Trinajstić information content (AvgIpc) is 2.62. The maximum Gasteiger partial charge on any atom is 0.225 e. The first-order valence-electron chi connectivity index (χ1n) is 9.29. The van der Waals surface area contributed by atoms with E-state index in [0.717, 1.165) is 39.0 Å². The van der Waals surface area contributed by atoms with Gasteiger partial charge in [0.05, 0.1) is 0 Å². The van der Waals surface area contributed by atoms with Crippen LogP contribution in [0.3, 0.4) is 0 Å². The number of carbonyl (C=O) groups excluding carboxylic acids is 1. The molecule has 23 heavy (non-hydrogen) atoms. The highest BCUT2D eigenvalue weighted by Crippen LogP contribution is 2.26. The van der Waals surface area contributed by atoms with E-state index in [4.69, 9.17) is 0 Å². The van der Waals surface area contributed by atoms with Crippen LogP contribution in [-0.4, -0.2) is 37.0 Å². The van der Waals surface area contributed by atoms with Crippen LogP contribution in [0.15, 0.2) is 24.3 Å². The van der Waals surface area contributed by atoms with Crippen molar-refractivity contribution in [1.29, 1.82) is 0 Å². The van der Waals surface area contributed by atoms with Crippen molar-refractivity contribution in [3.05, 3.63) is 29.8 Å². The molecule has 0 aromatic heterocycles. The van der Waals surface area contributed by atoms with Crippen molar-refractivity contribution in [2.45, 2.75) is 51.9 Å². The first-order chi connectivity index (χ1) is 11.1. The van der Waals surface area contributed by atoms with Crippen molar-refractivity contribution in [2.24, 2.45) is 5.92 Å². The molecule has 1 aliphatic heterocycles. The molecule has 0 radical (unpaired) electrons. The molecule has 3 nitrogen and oxygen atoms in total. The Morgan fingerprint density at radius 1 is 0.957 bits per heavy atom. The van der Waals surface area contributed by atoms with E-state index in [-0.39, 0.29) is 0 Å². The zero-order valence-electron chi connectivity index (χ0n) is 14.6. The summed E-state index contributed by atoms with van der Waals surface area (Å²) in [6.07, 6.45) is 5.99. The van der Waals surface area contributed by atoms with Gasteiger partial charge in [-0.15, -0.1) is 0 Å². The largest absolute Gasteiger partial charge is 0.368 e. The van der Waals surface area contributed by atoms with E-state index >= 15 is 0 Å². The molecular weight excluding hydrogens is 284 g/mol. The monoisotopic (exact) mass is 314 g/mol. The van der Waals surface area contributed by atoms with Gasteiger partial charge in [0.1, 0.15) is 0 Å². The number of hydrogen-bond donors (Lipinski definition) is 0. The molecule has 1 heterocycles. The van der Waals surface area contributed by atoms with Crippen LogP contribution < -0.4 is 4.90 Å². The fourth-order valence-corrected chi connectivity index (χ4v) is 3.86. The molecule has 1 amide bonds. The smallest absolute Gasteiger partial charge is 0.225 e. The van der Waals surface area contributed by atoms with Gasteiger partial charge >= 0.3 is 0 Å². The lowest BCUT2D eigenvalue weighted by molar-refractivity contribution is -0.136. The van der Waals surface area contributed by atoms with Crippen LogP contribution >= 0.6 is 0 Å². The van der Waals surface area contributed by atoms with Crippen LogP contribution in [0, 0.1) is 5.92 Å². The lowest BCUT2D eigenvalue weighted by Gasteiger charge is -2.38. The van der Waals surface area contributed by atoms with Crippen LogP contribution in [0.1, 0.15) is 57.4 Å².